The topological polar surface area (TPSA) is 58.4 Å². The van der Waals surface area contributed by atoms with Gasteiger partial charge < -0.3 is 9.80 Å². The highest BCUT2D eigenvalue weighted by Gasteiger charge is 2.34. The first kappa shape index (κ1) is 15.5. The minimum absolute atomic E-state index is 0.0884. The number of carbonyl (C=O) groups is 2. The molecule has 2 rings (SSSR count). The summed E-state index contributed by atoms with van der Waals surface area (Å²) in [7, 11) is 3.72. The molecule has 2 amide bonds. The van der Waals surface area contributed by atoms with Gasteiger partial charge in [0.1, 0.15) is 0 Å². The van der Waals surface area contributed by atoms with Crippen LogP contribution in [0.25, 0.3) is 0 Å². The molecule has 1 fully saturated rings. The molecule has 1 aliphatic heterocycles. The molecule has 0 aromatic carbocycles. The molecular formula is C15H24N4O2. The van der Waals surface area contributed by atoms with E-state index < -0.39 is 0 Å². The van der Waals surface area contributed by atoms with Gasteiger partial charge in [0, 0.05) is 46.3 Å². The van der Waals surface area contributed by atoms with Gasteiger partial charge in [-0.2, -0.15) is 5.10 Å². The molecule has 0 N–H and O–H groups in total. The summed E-state index contributed by atoms with van der Waals surface area (Å²) in [6.45, 7) is 3.92. The Balaban J connectivity index is 1.76. The summed E-state index contributed by atoms with van der Waals surface area (Å²) in [6.07, 6.45) is 6.04. The number of aromatic nitrogens is 2. The van der Waals surface area contributed by atoms with Crippen molar-refractivity contribution in [1.29, 1.82) is 0 Å². The maximum Gasteiger partial charge on any atom is 0.227 e. The SMILES string of the molecule is CCN1C[C@H](C(=O)N(C)CCCc2cnn(C)c2)CC1=O. The maximum absolute atomic E-state index is 12.3. The van der Waals surface area contributed by atoms with Gasteiger partial charge in [0.25, 0.3) is 0 Å². The lowest BCUT2D eigenvalue weighted by Gasteiger charge is -2.21. The average Bonchev–Trinajstić information content (AvgIpc) is 3.03. The van der Waals surface area contributed by atoms with Gasteiger partial charge in [-0.25, -0.2) is 0 Å². The van der Waals surface area contributed by atoms with Gasteiger partial charge in [-0.3, -0.25) is 14.3 Å². The van der Waals surface area contributed by atoms with E-state index in [2.05, 4.69) is 5.10 Å². The van der Waals surface area contributed by atoms with E-state index >= 15 is 0 Å². The standard InChI is InChI=1S/C15H24N4O2/c1-4-19-11-13(8-14(19)20)15(21)17(2)7-5-6-12-9-16-18(3)10-12/h9-10,13H,4-8,11H2,1-3H3/t13-/m1/s1. The van der Waals surface area contributed by atoms with Gasteiger partial charge in [0.15, 0.2) is 0 Å². The van der Waals surface area contributed by atoms with Crippen molar-refractivity contribution in [3.05, 3.63) is 18.0 Å². The van der Waals surface area contributed by atoms with Gasteiger partial charge >= 0.3 is 0 Å². The number of carbonyl (C=O) groups excluding carboxylic acids is 2. The lowest BCUT2D eigenvalue weighted by atomic mass is 10.1. The molecule has 1 saturated heterocycles. The van der Waals surface area contributed by atoms with Crippen molar-refractivity contribution in [1.82, 2.24) is 19.6 Å². The Morgan fingerprint density at radius 2 is 2.29 bits per heavy atom. The van der Waals surface area contributed by atoms with Crippen molar-refractivity contribution in [2.24, 2.45) is 13.0 Å². The summed E-state index contributed by atoms with van der Waals surface area (Å²) in [4.78, 5) is 27.5. The Labute approximate surface area is 125 Å². The van der Waals surface area contributed by atoms with Crippen LogP contribution in [0, 0.1) is 5.92 Å². The van der Waals surface area contributed by atoms with Gasteiger partial charge in [-0.1, -0.05) is 0 Å². The second kappa shape index (κ2) is 6.74. The smallest absolute Gasteiger partial charge is 0.227 e. The molecule has 0 unspecified atom stereocenters. The molecule has 0 aliphatic carbocycles. The summed E-state index contributed by atoms with van der Waals surface area (Å²) in [6, 6.07) is 0. The summed E-state index contributed by atoms with van der Waals surface area (Å²) in [5.74, 6) is 0.0194. The summed E-state index contributed by atoms with van der Waals surface area (Å²) < 4.78 is 1.79. The van der Waals surface area contributed by atoms with Crippen molar-refractivity contribution in [2.45, 2.75) is 26.2 Å². The third-order valence-electron chi connectivity index (χ3n) is 4.04. The summed E-state index contributed by atoms with van der Waals surface area (Å²) >= 11 is 0. The van der Waals surface area contributed by atoms with Crippen LogP contribution in [0.2, 0.25) is 0 Å². The molecule has 1 aliphatic rings. The van der Waals surface area contributed by atoms with Crippen LogP contribution in [0.15, 0.2) is 12.4 Å². The van der Waals surface area contributed by atoms with E-state index in [-0.39, 0.29) is 17.7 Å². The molecule has 21 heavy (non-hydrogen) atoms. The Bertz CT molecular complexity index is 512. The number of hydrogen-bond donors (Lipinski definition) is 0. The van der Waals surface area contributed by atoms with Crippen LogP contribution in [0.1, 0.15) is 25.3 Å². The fourth-order valence-electron chi connectivity index (χ4n) is 2.79. The largest absolute Gasteiger partial charge is 0.345 e. The molecule has 6 heteroatoms. The first-order valence-electron chi connectivity index (χ1n) is 7.51. The Morgan fingerprint density at radius 1 is 1.52 bits per heavy atom. The number of likely N-dealkylation sites (tertiary alicyclic amines) is 1. The third-order valence-corrected chi connectivity index (χ3v) is 4.04. The molecule has 116 valence electrons. The first-order valence-corrected chi connectivity index (χ1v) is 7.51. The van der Waals surface area contributed by atoms with Crippen molar-refractivity contribution in [3.8, 4) is 0 Å². The number of nitrogens with zero attached hydrogens (tertiary/aromatic N) is 4. The molecule has 0 spiro atoms. The van der Waals surface area contributed by atoms with Crippen LogP contribution in [0.4, 0.5) is 0 Å². The molecule has 6 nitrogen and oxygen atoms in total. The van der Waals surface area contributed by atoms with Gasteiger partial charge in [-0.15, -0.1) is 0 Å². The minimum atomic E-state index is -0.166. The van der Waals surface area contributed by atoms with E-state index in [1.807, 2.05) is 33.4 Å². The fourth-order valence-corrected chi connectivity index (χ4v) is 2.79. The molecule has 1 aromatic rings. The van der Waals surface area contributed by atoms with Crippen LogP contribution in [-0.4, -0.2) is 58.1 Å². The molecular weight excluding hydrogens is 268 g/mol. The number of aryl methyl sites for hydroxylation is 2. The highest BCUT2D eigenvalue weighted by Crippen LogP contribution is 2.19. The average molecular weight is 292 g/mol. The quantitative estimate of drug-likeness (QED) is 0.775. The van der Waals surface area contributed by atoms with Gasteiger partial charge in [0.05, 0.1) is 12.1 Å². The van der Waals surface area contributed by atoms with E-state index in [0.717, 1.165) is 12.8 Å². The second-order valence-electron chi connectivity index (χ2n) is 5.72. The minimum Gasteiger partial charge on any atom is -0.345 e. The number of amides is 2. The lowest BCUT2D eigenvalue weighted by molar-refractivity contribution is -0.134. The van der Waals surface area contributed by atoms with Crippen molar-refractivity contribution in [2.75, 3.05) is 26.7 Å². The second-order valence-corrected chi connectivity index (χ2v) is 5.72. The van der Waals surface area contributed by atoms with E-state index in [9.17, 15) is 9.59 Å². The lowest BCUT2D eigenvalue weighted by Crippen LogP contribution is -2.35. The van der Waals surface area contributed by atoms with E-state index in [4.69, 9.17) is 0 Å². The predicted octanol–water partition coefficient (Wildman–Crippen LogP) is 0.679. The Kier molecular flexibility index (Phi) is 4.98. The molecule has 1 aromatic heterocycles. The van der Waals surface area contributed by atoms with Crippen molar-refractivity contribution >= 4 is 11.8 Å². The zero-order valence-electron chi connectivity index (χ0n) is 13.1. The zero-order chi connectivity index (χ0) is 15.4. The van der Waals surface area contributed by atoms with Crippen LogP contribution >= 0.6 is 0 Å². The molecule has 2 heterocycles. The fraction of sp³-hybridized carbons (Fsp3) is 0.667. The number of rotatable bonds is 6. The maximum atomic E-state index is 12.3. The van der Waals surface area contributed by atoms with Crippen molar-refractivity contribution in [3.63, 3.8) is 0 Å². The third kappa shape index (κ3) is 3.83. The molecule has 0 saturated carbocycles. The van der Waals surface area contributed by atoms with Gasteiger partial charge in [-0.05, 0) is 25.3 Å². The van der Waals surface area contributed by atoms with E-state index in [0.29, 0.717) is 26.1 Å². The Morgan fingerprint density at radius 3 is 2.86 bits per heavy atom. The predicted molar refractivity (Wildman–Crippen MR) is 79.5 cm³/mol. The number of hydrogen-bond acceptors (Lipinski definition) is 3. The molecule has 0 bridgehead atoms. The molecule has 1 atom stereocenters. The van der Waals surface area contributed by atoms with Crippen LogP contribution in [0.3, 0.4) is 0 Å². The first-order chi connectivity index (χ1) is 10.0. The van der Waals surface area contributed by atoms with Crippen LogP contribution in [0.5, 0.6) is 0 Å². The van der Waals surface area contributed by atoms with Crippen LogP contribution in [-0.2, 0) is 23.1 Å². The van der Waals surface area contributed by atoms with E-state index in [1.54, 1.807) is 14.5 Å². The van der Waals surface area contributed by atoms with Gasteiger partial charge in [0.2, 0.25) is 11.8 Å². The summed E-state index contributed by atoms with van der Waals surface area (Å²) in [5, 5.41) is 4.13. The van der Waals surface area contributed by atoms with E-state index in [1.165, 1.54) is 5.56 Å². The zero-order valence-corrected chi connectivity index (χ0v) is 13.1. The highest BCUT2D eigenvalue weighted by molar-refractivity contribution is 5.89. The highest BCUT2D eigenvalue weighted by atomic mass is 16.2. The van der Waals surface area contributed by atoms with Crippen LogP contribution < -0.4 is 0 Å². The summed E-state index contributed by atoms with van der Waals surface area (Å²) in [5.41, 5.74) is 1.19. The normalized spacial score (nSPS) is 18.3. The molecule has 0 radical (unpaired) electrons. The Hall–Kier alpha value is -1.85. The van der Waals surface area contributed by atoms with Crippen molar-refractivity contribution < 1.29 is 9.59 Å². The monoisotopic (exact) mass is 292 g/mol.